The number of rotatable bonds is 4. The number of hydrogen-bond donors (Lipinski definition) is 1. The molecule has 0 aliphatic rings. The molecule has 0 saturated heterocycles. The van der Waals surface area contributed by atoms with Gasteiger partial charge < -0.3 is 10.0 Å². The Bertz CT molecular complexity index is 624. The molecular weight excluding hydrogens is 254 g/mol. The maximum absolute atomic E-state index is 11.0. The molecule has 0 aliphatic carbocycles. The summed E-state index contributed by atoms with van der Waals surface area (Å²) >= 11 is 0. The number of nitrogens with zero attached hydrogens (tertiary/aromatic N) is 3. The summed E-state index contributed by atoms with van der Waals surface area (Å²) in [7, 11) is 1.82. The number of carboxylic acid groups (broad SMARTS) is 1. The van der Waals surface area contributed by atoms with Gasteiger partial charge in [-0.15, -0.1) is 0 Å². The molecule has 0 saturated carbocycles. The number of anilines is 2. The van der Waals surface area contributed by atoms with Crippen LogP contribution in [0.5, 0.6) is 0 Å². The number of carbonyl (C=O) groups is 1. The monoisotopic (exact) mass is 271 g/mol. The minimum atomic E-state index is -1.05. The van der Waals surface area contributed by atoms with Crippen molar-refractivity contribution in [1.29, 1.82) is 0 Å². The van der Waals surface area contributed by atoms with E-state index in [4.69, 9.17) is 5.11 Å². The molecule has 5 heteroatoms. The first kappa shape index (κ1) is 14.0. The van der Waals surface area contributed by atoms with Gasteiger partial charge in [-0.05, 0) is 37.1 Å². The van der Waals surface area contributed by atoms with Gasteiger partial charge in [0.1, 0.15) is 0 Å². The highest BCUT2D eigenvalue weighted by atomic mass is 16.4. The summed E-state index contributed by atoms with van der Waals surface area (Å²) in [5.41, 5.74) is 2.80. The van der Waals surface area contributed by atoms with Crippen molar-refractivity contribution in [2.75, 3.05) is 11.9 Å². The Labute approximate surface area is 117 Å². The quantitative estimate of drug-likeness (QED) is 0.926. The maximum Gasteiger partial charge on any atom is 0.354 e. The molecule has 0 spiro atoms. The second kappa shape index (κ2) is 5.69. The lowest BCUT2D eigenvalue weighted by Crippen LogP contribution is -2.16. The number of benzene rings is 1. The van der Waals surface area contributed by atoms with Gasteiger partial charge >= 0.3 is 5.97 Å². The molecule has 0 atom stereocenters. The lowest BCUT2D eigenvalue weighted by atomic mass is 10.1. The fourth-order valence-electron chi connectivity index (χ4n) is 1.88. The van der Waals surface area contributed by atoms with E-state index in [1.807, 2.05) is 31.3 Å². The second-order valence-electron chi connectivity index (χ2n) is 4.58. The Hall–Kier alpha value is -2.43. The van der Waals surface area contributed by atoms with Gasteiger partial charge in [0.05, 0.1) is 0 Å². The van der Waals surface area contributed by atoms with Crippen LogP contribution in [0.4, 0.5) is 11.6 Å². The molecule has 0 bridgehead atoms. The highest BCUT2D eigenvalue weighted by Crippen LogP contribution is 2.21. The standard InChI is InChI=1S/C15H17N3O2/c1-4-11-5-7-12(8-6-11)18(3)15-16-10(2)9-13(17-15)14(19)20/h5-9H,4H2,1-3H3,(H,19,20). The number of hydrogen-bond acceptors (Lipinski definition) is 4. The summed E-state index contributed by atoms with van der Waals surface area (Å²) in [5, 5.41) is 9.05. The van der Waals surface area contributed by atoms with Crippen molar-refractivity contribution in [1.82, 2.24) is 9.97 Å². The second-order valence-corrected chi connectivity index (χ2v) is 4.58. The van der Waals surface area contributed by atoms with E-state index in [2.05, 4.69) is 16.9 Å². The predicted octanol–water partition coefficient (Wildman–Crippen LogP) is 2.81. The largest absolute Gasteiger partial charge is 0.477 e. The third-order valence-electron chi connectivity index (χ3n) is 3.09. The van der Waals surface area contributed by atoms with E-state index in [9.17, 15) is 4.79 Å². The Morgan fingerprint density at radius 3 is 2.45 bits per heavy atom. The van der Waals surface area contributed by atoms with Crippen molar-refractivity contribution in [3.63, 3.8) is 0 Å². The highest BCUT2D eigenvalue weighted by molar-refractivity contribution is 5.85. The topological polar surface area (TPSA) is 66.3 Å². The summed E-state index contributed by atoms with van der Waals surface area (Å²) in [6.07, 6.45) is 0.980. The summed E-state index contributed by atoms with van der Waals surface area (Å²) in [6.45, 7) is 3.85. The molecule has 0 fully saturated rings. The molecule has 20 heavy (non-hydrogen) atoms. The summed E-state index contributed by atoms with van der Waals surface area (Å²) in [5.74, 6) is -0.668. The van der Waals surface area contributed by atoms with Gasteiger partial charge in [0.2, 0.25) is 5.95 Å². The van der Waals surface area contributed by atoms with Crippen LogP contribution < -0.4 is 4.90 Å². The van der Waals surface area contributed by atoms with Crippen LogP contribution >= 0.6 is 0 Å². The summed E-state index contributed by atoms with van der Waals surface area (Å²) in [6, 6.07) is 9.50. The van der Waals surface area contributed by atoms with E-state index in [1.54, 1.807) is 11.8 Å². The zero-order valence-corrected chi connectivity index (χ0v) is 11.8. The van der Waals surface area contributed by atoms with Gasteiger partial charge in [-0.25, -0.2) is 14.8 Å². The minimum absolute atomic E-state index is 0.00419. The molecule has 1 heterocycles. The molecule has 0 unspecified atom stereocenters. The van der Waals surface area contributed by atoms with Crippen LogP contribution in [-0.2, 0) is 6.42 Å². The highest BCUT2D eigenvalue weighted by Gasteiger charge is 2.12. The smallest absolute Gasteiger partial charge is 0.354 e. The summed E-state index contributed by atoms with van der Waals surface area (Å²) in [4.78, 5) is 21.2. The van der Waals surface area contributed by atoms with Crippen LogP contribution in [0.1, 0.15) is 28.7 Å². The Morgan fingerprint density at radius 1 is 1.25 bits per heavy atom. The van der Waals surface area contributed by atoms with Gasteiger partial charge in [-0.2, -0.15) is 0 Å². The first-order valence-electron chi connectivity index (χ1n) is 6.43. The van der Waals surface area contributed by atoms with Gasteiger partial charge in [-0.1, -0.05) is 19.1 Å². The van der Waals surface area contributed by atoms with Crippen LogP contribution in [0.3, 0.4) is 0 Å². The van der Waals surface area contributed by atoms with E-state index in [1.165, 1.54) is 11.6 Å². The lowest BCUT2D eigenvalue weighted by Gasteiger charge is -2.18. The van der Waals surface area contributed by atoms with Crippen molar-refractivity contribution in [2.45, 2.75) is 20.3 Å². The molecule has 2 rings (SSSR count). The molecule has 1 aromatic heterocycles. The molecule has 104 valence electrons. The molecule has 0 aliphatic heterocycles. The summed E-state index contributed by atoms with van der Waals surface area (Å²) < 4.78 is 0. The van der Waals surface area contributed by atoms with Crippen molar-refractivity contribution in [3.8, 4) is 0 Å². The average Bonchev–Trinajstić information content (AvgIpc) is 2.46. The fourth-order valence-corrected chi connectivity index (χ4v) is 1.88. The Balaban J connectivity index is 2.36. The zero-order valence-electron chi connectivity index (χ0n) is 11.8. The van der Waals surface area contributed by atoms with Crippen LogP contribution in [0.15, 0.2) is 30.3 Å². The van der Waals surface area contributed by atoms with Crippen LogP contribution in [0.2, 0.25) is 0 Å². The number of aromatic carboxylic acids is 1. The average molecular weight is 271 g/mol. The molecule has 0 amide bonds. The first-order chi connectivity index (χ1) is 9.51. The van der Waals surface area contributed by atoms with Crippen molar-refractivity contribution in [3.05, 3.63) is 47.3 Å². The van der Waals surface area contributed by atoms with Crippen molar-refractivity contribution >= 4 is 17.6 Å². The van der Waals surface area contributed by atoms with Gasteiger partial charge in [0.15, 0.2) is 5.69 Å². The molecule has 0 radical (unpaired) electrons. The Morgan fingerprint density at radius 2 is 1.90 bits per heavy atom. The molecule has 5 nitrogen and oxygen atoms in total. The third kappa shape index (κ3) is 2.93. The van der Waals surface area contributed by atoms with E-state index >= 15 is 0 Å². The van der Waals surface area contributed by atoms with Crippen LogP contribution in [-0.4, -0.2) is 28.1 Å². The van der Waals surface area contributed by atoms with E-state index in [0.29, 0.717) is 11.6 Å². The predicted molar refractivity (Wildman–Crippen MR) is 77.6 cm³/mol. The minimum Gasteiger partial charge on any atom is -0.477 e. The number of carboxylic acids is 1. The fraction of sp³-hybridized carbons (Fsp3) is 0.267. The molecular formula is C15H17N3O2. The zero-order chi connectivity index (χ0) is 14.7. The van der Waals surface area contributed by atoms with Gasteiger partial charge in [0.25, 0.3) is 0 Å². The van der Waals surface area contributed by atoms with Crippen LogP contribution in [0.25, 0.3) is 0 Å². The third-order valence-corrected chi connectivity index (χ3v) is 3.09. The normalized spacial score (nSPS) is 10.3. The molecule has 1 N–H and O–H groups in total. The van der Waals surface area contributed by atoms with Crippen LogP contribution in [0, 0.1) is 6.92 Å². The Kier molecular flexibility index (Phi) is 3.98. The molecule has 2 aromatic rings. The SMILES string of the molecule is CCc1ccc(N(C)c2nc(C)cc(C(=O)O)n2)cc1. The molecule has 1 aromatic carbocycles. The van der Waals surface area contributed by atoms with Crippen molar-refractivity contribution < 1.29 is 9.90 Å². The van der Waals surface area contributed by atoms with Crippen molar-refractivity contribution in [2.24, 2.45) is 0 Å². The lowest BCUT2D eigenvalue weighted by molar-refractivity contribution is 0.0690. The van der Waals surface area contributed by atoms with E-state index < -0.39 is 5.97 Å². The first-order valence-corrected chi connectivity index (χ1v) is 6.43. The van der Waals surface area contributed by atoms with E-state index in [-0.39, 0.29) is 5.69 Å². The number of aryl methyl sites for hydroxylation is 2. The number of aromatic nitrogens is 2. The van der Waals surface area contributed by atoms with E-state index in [0.717, 1.165) is 12.1 Å². The van der Waals surface area contributed by atoms with Gasteiger partial charge in [0, 0.05) is 18.4 Å². The maximum atomic E-state index is 11.0. The van der Waals surface area contributed by atoms with Gasteiger partial charge in [-0.3, -0.25) is 0 Å².